The van der Waals surface area contributed by atoms with Crippen molar-refractivity contribution in [3.63, 3.8) is 0 Å². The molecule has 1 aromatic heterocycles. The molecule has 3 aromatic rings. The highest BCUT2D eigenvalue weighted by Crippen LogP contribution is 2.41. The van der Waals surface area contributed by atoms with E-state index in [0.717, 1.165) is 50.2 Å². The van der Waals surface area contributed by atoms with Crippen LogP contribution in [0.25, 0.3) is 22.4 Å². The van der Waals surface area contributed by atoms with Crippen molar-refractivity contribution in [3.8, 4) is 22.4 Å². The van der Waals surface area contributed by atoms with Gasteiger partial charge in [0, 0.05) is 36.0 Å². The van der Waals surface area contributed by atoms with E-state index in [1.54, 1.807) is 12.1 Å². The van der Waals surface area contributed by atoms with Crippen LogP contribution in [-0.4, -0.2) is 28.2 Å². The third kappa shape index (κ3) is 4.23. The number of hydrogen-bond acceptors (Lipinski definition) is 4. The van der Waals surface area contributed by atoms with Crippen molar-refractivity contribution >= 4 is 23.0 Å². The summed E-state index contributed by atoms with van der Waals surface area (Å²) in [7, 11) is 0. The number of piperidine rings is 1. The molecule has 0 saturated carbocycles. The molecule has 2 aromatic carbocycles. The van der Waals surface area contributed by atoms with Gasteiger partial charge in [-0.05, 0) is 43.5 Å². The van der Waals surface area contributed by atoms with Gasteiger partial charge in [-0.1, -0.05) is 17.7 Å². The van der Waals surface area contributed by atoms with Crippen molar-refractivity contribution in [2.24, 2.45) is 0 Å². The van der Waals surface area contributed by atoms with Gasteiger partial charge >= 0.3 is 6.18 Å². The van der Waals surface area contributed by atoms with Gasteiger partial charge in [0.15, 0.2) is 0 Å². The van der Waals surface area contributed by atoms with Crippen LogP contribution in [0.15, 0.2) is 42.6 Å². The second kappa shape index (κ2) is 8.22. The lowest BCUT2D eigenvalue weighted by atomic mass is 9.98. The summed E-state index contributed by atoms with van der Waals surface area (Å²) in [6, 6.07) is 8.34. The Bertz CT molecular complexity index is 1120. The molecule has 0 unspecified atom stereocenters. The summed E-state index contributed by atoms with van der Waals surface area (Å²) in [6.45, 7) is 1.70. The Morgan fingerprint density at radius 3 is 2.48 bits per heavy atom. The highest BCUT2D eigenvalue weighted by atomic mass is 35.5. The molecule has 1 fully saturated rings. The lowest BCUT2D eigenvalue weighted by molar-refractivity contribution is -0.384. The summed E-state index contributed by atoms with van der Waals surface area (Å²) in [5.74, 6) is 0. The number of aromatic nitrogens is 2. The lowest BCUT2D eigenvalue weighted by Gasteiger charge is -2.29. The SMILES string of the molecule is O=[N+]([O-])c1ccc(N2CCCCC2)cc1-c1cn[nH]c1-c1ccc(Cl)c(C(F)(F)F)c1. The molecule has 0 bridgehead atoms. The van der Waals surface area contributed by atoms with Gasteiger partial charge in [-0.3, -0.25) is 15.2 Å². The van der Waals surface area contributed by atoms with Crippen molar-refractivity contribution in [2.45, 2.75) is 25.4 Å². The fraction of sp³-hybridized carbons (Fsp3) is 0.286. The molecule has 6 nitrogen and oxygen atoms in total. The minimum absolute atomic E-state index is 0.145. The third-order valence-electron chi connectivity index (χ3n) is 5.39. The average molecular weight is 451 g/mol. The lowest BCUT2D eigenvalue weighted by Crippen LogP contribution is -2.29. The average Bonchev–Trinajstić information content (AvgIpc) is 3.23. The van der Waals surface area contributed by atoms with Crippen LogP contribution in [0.3, 0.4) is 0 Å². The second-order valence-corrected chi connectivity index (χ2v) is 7.76. The molecule has 2 heterocycles. The van der Waals surface area contributed by atoms with Gasteiger partial charge in [-0.25, -0.2) is 0 Å². The fourth-order valence-electron chi connectivity index (χ4n) is 3.86. The highest BCUT2D eigenvalue weighted by Gasteiger charge is 2.34. The Balaban J connectivity index is 1.84. The molecule has 0 aliphatic carbocycles. The topological polar surface area (TPSA) is 75.1 Å². The number of alkyl halides is 3. The fourth-order valence-corrected chi connectivity index (χ4v) is 4.08. The molecule has 0 spiro atoms. The van der Waals surface area contributed by atoms with Crippen LogP contribution in [0, 0.1) is 10.1 Å². The Morgan fingerprint density at radius 1 is 1.06 bits per heavy atom. The minimum atomic E-state index is -4.63. The number of nitrogens with one attached hydrogen (secondary N) is 1. The molecule has 1 aliphatic rings. The zero-order chi connectivity index (χ0) is 22.2. The maximum absolute atomic E-state index is 13.3. The van der Waals surface area contributed by atoms with Crippen LogP contribution in [0.4, 0.5) is 24.5 Å². The largest absolute Gasteiger partial charge is 0.417 e. The number of rotatable bonds is 4. The van der Waals surface area contributed by atoms with Crippen LogP contribution in [0.2, 0.25) is 5.02 Å². The van der Waals surface area contributed by atoms with Crippen molar-refractivity contribution in [3.05, 3.63) is 63.3 Å². The first-order valence-electron chi connectivity index (χ1n) is 9.70. The maximum atomic E-state index is 13.3. The summed E-state index contributed by atoms with van der Waals surface area (Å²) in [5.41, 5.74) is 0.779. The number of nitro groups is 1. The van der Waals surface area contributed by atoms with E-state index < -0.39 is 21.7 Å². The number of anilines is 1. The first kappa shape index (κ1) is 21.2. The van der Waals surface area contributed by atoms with Crippen molar-refractivity contribution in [2.75, 3.05) is 18.0 Å². The Morgan fingerprint density at radius 2 is 1.81 bits per heavy atom. The molecular formula is C21H18ClF3N4O2. The van der Waals surface area contributed by atoms with Crippen LogP contribution in [0.5, 0.6) is 0 Å². The predicted molar refractivity (Wildman–Crippen MR) is 112 cm³/mol. The van der Waals surface area contributed by atoms with Gasteiger partial charge in [-0.15, -0.1) is 0 Å². The van der Waals surface area contributed by atoms with Crippen molar-refractivity contribution in [1.82, 2.24) is 10.2 Å². The zero-order valence-electron chi connectivity index (χ0n) is 16.2. The number of nitrogens with zero attached hydrogens (tertiary/aromatic N) is 3. The standard InChI is InChI=1S/C21H18ClF3N4O2/c22-18-6-4-13(10-17(18)21(23,24)25)20-16(12-26-27-20)15-11-14(5-7-19(15)29(30)31)28-8-2-1-3-9-28/h4-7,10-12H,1-3,8-9H2,(H,26,27). The van der Waals surface area contributed by atoms with Crippen LogP contribution < -0.4 is 4.90 Å². The molecule has 0 radical (unpaired) electrons. The van der Waals surface area contributed by atoms with E-state index in [2.05, 4.69) is 15.1 Å². The molecular weight excluding hydrogens is 433 g/mol. The van der Waals surface area contributed by atoms with Gasteiger partial charge in [0.1, 0.15) is 0 Å². The maximum Gasteiger partial charge on any atom is 0.417 e. The molecule has 4 rings (SSSR count). The van der Waals surface area contributed by atoms with Crippen LogP contribution in [-0.2, 0) is 6.18 Å². The summed E-state index contributed by atoms with van der Waals surface area (Å²) in [4.78, 5) is 13.3. The van der Waals surface area contributed by atoms with E-state index in [1.807, 2.05) is 0 Å². The van der Waals surface area contributed by atoms with Crippen LogP contribution in [0.1, 0.15) is 24.8 Å². The predicted octanol–water partition coefficient (Wildman–Crippen LogP) is 6.31. The monoisotopic (exact) mass is 450 g/mol. The molecule has 31 heavy (non-hydrogen) atoms. The number of nitro benzene ring substituents is 1. The van der Waals surface area contributed by atoms with Gasteiger partial charge < -0.3 is 4.90 Å². The van der Waals surface area contributed by atoms with Gasteiger partial charge in [0.25, 0.3) is 5.69 Å². The molecule has 1 N–H and O–H groups in total. The highest BCUT2D eigenvalue weighted by molar-refractivity contribution is 6.31. The Labute approximate surface area is 180 Å². The summed E-state index contributed by atoms with van der Waals surface area (Å²) < 4.78 is 40.0. The second-order valence-electron chi connectivity index (χ2n) is 7.36. The number of aromatic amines is 1. The molecule has 162 valence electrons. The summed E-state index contributed by atoms with van der Waals surface area (Å²) in [6.07, 6.45) is -0.0319. The quantitative estimate of drug-likeness (QED) is 0.373. The first-order valence-corrected chi connectivity index (χ1v) is 10.1. The van der Waals surface area contributed by atoms with Crippen molar-refractivity contribution < 1.29 is 18.1 Å². The first-order chi connectivity index (χ1) is 14.8. The molecule has 0 atom stereocenters. The molecule has 1 saturated heterocycles. The van der Waals surface area contributed by atoms with E-state index in [1.165, 1.54) is 18.3 Å². The normalized spacial score (nSPS) is 14.6. The minimum Gasteiger partial charge on any atom is -0.372 e. The van der Waals surface area contributed by atoms with E-state index in [0.29, 0.717) is 11.1 Å². The number of halogens is 4. The van der Waals surface area contributed by atoms with Gasteiger partial charge in [-0.2, -0.15) is 18.3 Å². The van der Waals surface area contributed by atoms with E-state index in [4.69, 9.17) is 11.6 Å². The Kier molecular flexibility index (Phi) is 5.62. The zero-order valence-corrected chi connectivity index (χ0v) is 17.0. The number of hydrogen-bond donors (Lipinski definition) is 1. The van der Waals surface area contributed by atoms with Gasteiger partial charge in [0.2, 0.25) is 0 Å². The summed E-state index contributed by atoms with van der Waals surface area (Å²) >= 11 is 5.73. The smallest absolute Gasteiger partial charge is 0.372 e. The number of H-pyrrole nitrogens is 1. The molecule has 10 heteroatoms. The molecule has 1 aliphatic heterocycles. The summed E-state index contributed by atoms with van der Waals surface area (Å²) in [5, 5.41) is 17.9. The number of benzene rings is 2. The Hall–Kier alpha value is -3.07. The van der Waals surface area contributed by atoms with E-state index >= 15 is 0 Å². The van der Waals surface area contributed by atoms with Crippen LogP contribution >= 0.6 is 11.6 Å². The van der Waals surface area contributed by atoms with E-state index in [9.17, 15) is 23.3 Å². The van der Waals surface area contributed by atoms with Crippen molar-refractivity contribution in [1.29, 1.82) is 0 Å². The van der Waals surface area contributed by atoms with Gasteiger partial charge in [0.05, 0.1) is 33.0 Å². The van der Waals surface area contributed by atoms with E-state index in [-0.39, 0.29) is 16.9 Å². The third-order valence-corrected chi connectivity index (χ3v) is 5.72. The molecule has 0 amide bonds.